The molecule has 0 radical (unpaired) electrons. The van der Waals surface area contributed by atoms with Crippen molar-refractivity contribution in [3.8, 4) is 0 Å². The molecule has 5 heteroatoms. The Morgan fingerprint density at radius 3 is 2.53 bits per heavy atom. The minimum atomic E-state index is -0.600. The molecule has 0 saturated heterocycles. The highest BCUT2D eigenvalue weighted by Gasteiger charge is 2.11. The number of rotatable bonds is 3. The summed E-state index contributed by atoms with van der Waals surface area (Å²) in [6, 6.07) is 3.46. The van der Waals surface area contributed by atoms with Gasteiger partial charge in [-0.2, -0.15) is 0 Å². The highest BCUT2D eigenvalue weighted by atomic mass is 35.5. The average molecular weight is 283 g/mol. The fourth-order valence-electron chi connectivity index (χ4n) is 1.93. The second-order valence-electron chi connectivity index (χ2n) is 4.26. The summed E-state index contributed by atoms with van der Waals surface area (Å²) < 4.78 is 26.4. The molecule has 0 bridgehead atoms. The van der Waals surface area contributed by atoms with E-state index in [0.717, 1.165) is 23.7 Å². The molecule has 2 aromatic rings. The number of hydrogen-bond donors (Lipinski definition) is 0. The largest absolute Gasteiger partial charge is 0.237 e. The molecule has 2 rings (SSSR count). The Hall–Kier alpha value is -1.55. The maximum absolute atomic E-state index is 13.6. The van der Waals surface area contributed by atoms with Gasteiger partial charge in [-0.15, -0.1) is 0 Å². The molecule has 100 valence electrons. The first-order chi connectivity index (χ1) is 9.01. The van der Waals surface area contributed by atoms with Crippen molar-refractivity contribution in [1.82, 2.24) is 9.97 Å². The monoisotopic (exact) mass is 282 g/mol. The lowest BCUT2D eigenvalue weighted by atomic mass is 10.1. The molecule has 0 unspecified atom stereocenters. The average Bonchev–Trinajstić information content (AvgIpc) is 2.32. The molecule has 0 aliphatic rings. The molecule has 0 aliphatic heterocycles. The second-order valence-corrected chi connectivity index (χ2v) is 4.62. The predicted molar refractivity (Wildman–Crippen MR) is 70.3 cm³/mol. The lowest BCUT2D eigenvalue weighted by Crippen LogP contribution is -2.04. The van der Waals surface area contributed by atoms with E-state index in [-0.39, 0.29) is 6.42 Å². The lowest BCUT2D eigenvalue weighted by molar-refractivity contribution is 0.573. The van der Waals surface area contributed by atoms with Crippen molar-refractivity contribution in [1.29, 1.82) is 0 Å². The van der Waals surface area contributed by atoms with Crippen molar-refractivity contribution in [2.75, 3.05) is 0 Å². The van der Waals surface area contributed by atoms with E-state index in [1.165, 1.54) is 12.1 Å². The molecule has 0 aliphatic carbocycles. The van der Waals surface area contributed by atoms with Crippen LogP contribution < -0.4 is 0 Å². The van der Waals surface area contributed by atoms with Crippen molar-refractivity contribution < 1.29 is 8.78 Å². The molecule has 0 atom stereocenters. The molecule has 0 saturated carbocycles. The summed E-state index contributed by atoms with van der Waals surface area (Å²) in [5.41, 5.74) is 2.03. The molecule has 19 heavy (non-hydrogen) atoms. The zero-order valence-electron chi connectivity index (χ0n) is 10.7. The maximum Gasteiger partial charge on any atom is 0.136 e. The van der Waals surface area contributed by atoms with Gasteiger partial charge < -0.3 is 0 Å². The summed E-state index contributed by atoms with van der Waals surface area (Å²) in [7, 11) is 0. The zero-order chi connectivity index (χ0) is 14.0. The molecular formula is C14H13ClF2N2. The molecule has 1 aromatic heterocycles. The van der Waals surface area contributed by atoms with Gasteiger partial charge in [-0.05, 0) is 25.0 Å². The van der Waals surface area contributed by atoms with E-state index in [4.69, 9.17) is 11.6 Å². The Labute approximate surface area is 115 Å². The van der Waals surface area contributed by atoms with Gasteiger partial charge in [0.05, 0.1) is 0 Å². The summed E-state index contributed by atoms with van der Waals surface area (Å²) >= 11 is 6.06. The quantitative estimate of drug-likeness (QED) is 0.799. The van der Waals surface area contributed by atoms with E-state index in [2.05, 4.69) is 9.97 Å². The van der Waals surface area contributed by atoms with Crippen molar-refractivity contribution in [3.05, 3.63) is 57.6 Å². The summed E-state index contributed by atoms with van der Waals surface area (Å²) in [6.07, 6.45) is 0.937. The van der Waals surface area contributed by atoms with Gasteiger partial charge in [-0.3, -0.25) is 0 Å². The van der Waals surface area contributed by atoms with E-state index in [9.17, 15) is 8.78 Å². The number of aromatic nitrogens is 2. The molecule has 0 amide bonds. The summed E-state index contributed by atoms with van der Waals surface area (Å²) in [5, 5.41) is 0.396. The van der Waals surface area contributed by atoms with Crippen LogP contribution in [0, 0.1) is 18.6 Å². The summed E-state index contributed by atoms with van der Waals surface area (Å²) in [4.78, 5) is 8.47. The standard InChI is InChI=1S/C14H13ClF2N2/c1-3-11-8(2)18-13(19-14(11)15)6-9-4-5-10(16)7-12(9)17/h4-5,7H,3,6H2,1-2H3. The first kappa shape index (κ1) is 13.9. The van der Waals surface area contributed by atoms with Gasteiger partial charge in [0.15, 0.2) is 0 Å². The Bertz CT molecular complexity index is 591. The van der Waals surface area contributed by atoms with Gasteiger partial charge >= 0.3 is 0 Å². The number of halogens is 3. The Balaban J connectivity index is 2.33. The normalized spacial score (nSPS) is 10.8. The van der Waals surface area contributed by atoms with E-state index in [1.54, 1.807) is 0 Å². The third kappa shape index (κ3) is 3.07. The third-order valence-corrected chi connectivity index (χ3v) is 3.24. The van der Waals surface area contributed by atoms with Crippen LogP contribution in [0.5, 0.6) is 0 Å². The highest BCUT2D eigenvalue weighted by Crippen LogP contribution is 2.19. The van der Waals surface area contributed by atoms with Crippen molar-refractivity contribution >= 4 is 11.6 Å². The molecule has 1 heterocycles. The molecular weight excluding hydrogens is 270 g/mol. The van der Waals surface area contributed by atoms with Crippen LogP contribution in [0.25, 0.3) is 0 Å². The minimum absolute atomic E-state index is 0.191. The fraction of sp³-hybridized carbons (Fsp3) is 0.286. The van der Waals surface area contributed by atoms with E-state index < -0.39 is 11.6 Å². The van der Waals surface area contributed by atoms with Crippen molar-refractivity contribution in [2.45, 2.75) is 26.7 Å². The summed E-state index contributed by atoms with van der Waals surface area (Å²) in [6.45, 7) is 3.81. The Kier molecular flexibility index (Phi) is 4.10. The van der Waals surface area contributed by atoms with Gasteiger partial charge in [0.2, 0.25) is 0 Å². The molecule has 2 nitrogen and oxygen atoms in total. The van der Waals surface area contributed by atoms with E-state index in [1.807, 2.05) is 13.8 Å². The number of aryl methyl sites for hydroxylation is 1. The first-order valence-electron chi connectivity index (χ1n) is 5.97. The molecule has 1 aromatic carbocycles. The van der Waals surface area contributed by atoms with Crippen LogP contribution in [0.4, 0.5) is 8.78 Å². The third-order valence-electron chi connectivity index (χ3n) is 2.93. The predicted octanol–water partition coefficient (Wildman–Crippen LogP) is 3.87. The van der Waals surface area contributed by atoms with Crippen LogP contribution in [0.3, 0.4) is 0 Å². The molecule has 0 N–H and O–H groups in total. The number of nitrogens with zero attached hydrogens (tertiary/aromatic N) is 2. The van der Waals surface area contributed by atoms with Crippen LogP contribution in [0.1, 0.15) is 29.6 Å². The van der Waals surface area contributed by atoms with Gasteiger partial charge in [-0.1, -0.05) is 24.6 Å². The van der Waals surface area contributed by atoms with Gasteiger partial charge in [0.25, 0.3) is 0 Å². The fourth-order valence-corrected chi connectivity index (χ4v) is 2.30. The van der Waals surface area contributed by atoms with E-state index in [0.29, 0.717) is 16.5 Å². The van der Waals surface area contributed by atoms with Crippen LogP contribution in [0.2, 0.25) is 5.15 Å². The lowest BCUT2D eigenvalue weighted by Gasteiger charge is -2.08. The Morgan fingerprint density at radius 2 is 1.95 bits per heavy atom. The minimum Gasteiger partial charge on any atom is -0.237 e. The van der Waals surface area contributed by atoms with Gasteiger partial charge in [0, 0.05) is 23.7 Å². The highest BCUT2D eigenvalue weighted by molar-refractivity contribution is 6.30. The topological polar surface area (TPSA) is 25.8 Å². The second kappa shape index (κ2) is 5.61. The smallest absolute Gasteiger partial charge is 0.136 e. The van der Waals surface area contributed by atoms with Crippen LogP contribution in [0.15, 0.2) is 18.2 Å². The number of benzene rings is 1. The zero-order valence-corrected chi connectivity index (χ0v) is 11.4. The van der Waals surface area contributed by atoms with E-state index >= 15 is 0 Å². The number of hydrogen-bond acceptors (Lipinski definition) is 2. The van der Waals surface area contributed by atoms with Crippen LogP contribution >= 0.6 is 11.6 Å². The van der Waals surface area contributed by atoms with Crippen molar-refractivity contribution in [3.63, 3.8) is 0 Å². The summed E-state index contributed by atoms with van der Waals surface area (Å²) in [5.74, 6) is -0.764. The Morgan fingerprint density at radius 1 is 1.21 bits per heavy atom. The SMILES string of the molecule is CCc1c(C)nc(Cc2ccc(F)cc2F)nc1Cl. The van der Waals surface area contributed by atoms with Crippen LogP contribution in [-0.4, -0.2) is 9.97 Å². The molecule has 0 spiro atoms. The van der Waals surface area contributed by atoms with Crippen LogP contribution in [-0.2, 0) is 12.8 Å². The van der Waals surface area contributed by atoms with Gasteiger partial charge in [-0.25, -0.2) is 18.7 Å². The van der Waals surface area contributed by atoms with Crippen molar-refractivity contribution in [2.24, 2.45) is 0 Å². The maximum atomic E-state index is 13.6. The van der Waals surface area contributed by atoms with Gasteiger partial charge in [0.1, 0.15) is 22.6 Å². The molecule has 0 fully saturated rings. The first-order valence-corrected chi connectivity index (χ1v) is 6.35.